The van der Waals surface area contributed by atoms with E-state index in [-0.39, 0.29) is 5.69 Å². The van der Waals surface area contributed by atoms with E-state index >= 15 is 0 Å². The molecular weight excluding hydrogens is 258 g/mol. The molecule has 1 heterocycles. The molecule has 0 aliphatic carbocycles. The number of carbonyl (C=O) groups excluding carboxylic acids is 1. The zero-order valence-electron chi connectivity index (χ0n) is 11.6. The average Bonchev–Trinajstić information content (AvgIpc) is 2.70. The van der Waals surface area contributed by atoms with Crippen molar-refractivity contribution in [2.24, 2.45) is 0 Å². The van der Waals surface area contributed by atoms with Crippen molar-refractivity contribution in [3.63, 3.8) is 0 Å². The molecule has 1 amide bonds. The van der Waals surface area contributed by atoms with Gasteiger partial charge in [-0.2, -0.15) is 0 Å². The van der Waals surface area contributed by atoms with Crippen molar-refractivity contribution in [1.29, 1.82) is 0 Å². The molecule has 2 rings (SSSR count). The van der Waals surface area contributed by atoms with Gasteiger partial charge in [0.05, 0.1) is 5.69 Å². The maximum Gasteiger partial charge on any atom is 0.412 e. The number of H-pyrrole nitrogens is 2. The molecule has 0 fully saturated rings. The van der Waals surface area contributed by atoms with Crippen molar-refractivity contribution in [2.45, 2.75) is 26.4 Å². The molecule has 6 heteroatoms. The first-order chi connectivity index (χ1) is 9.37. The third-order valence-corrected chi connectivity index (χ3v) is 2.47. The summed E-state index contributed by atoms with van der Waals surface area (Å²) >= 11 is 0. The van der Waals surface area contributed by atoms with Crippen molar-refractivity contribution in [3.8, 4) is 11.3 Å². The van der Waals surface area contributed by atoms with Crippen LogP contribution in [0.15, 0.2) is 35.1 Å². The minimum absolute atomic E-state index is 0.144. The van der Waals surface area contributed by atoms with Crippen LogP contribution in [0.25, 0.3) is 11.3 Å². The van der Waals surface area contributed by atoms with E-state index in [1.165, 1.54) is 0 Å². The van der Waals surface area contributed by atoms with Gasteiger partial charge in [0.25, 0.3) is 5.56 Å². The number of hydrogen-bond donors (Lipinski definition) is 3. The number of rotatable bonds is 2. The van der Waals surface area contributed by atoms with Crippen LogP contribution in [0.4, 0.5) is 10.5 Å². The number of aromatic amines is 2. The molecular formula is C14H17N3O3. The molecule has 20 heavy (non-hydrogen) atoms. The standard InChI is InChI=1S/C14H17N3O3/c1-14(2,3)20-13(19)15-11-10(16-17-12(11)18)9-7-5-4-6-8-9/h4-8H,1-3H3,(H,15,19)(H2,16,17,18). The smallest absolute Gasteiger partial charge is 0.412 e. The molecule has 1 aromatic heterocycles. The summed E-state index contributed by atoms with van der Waals surface area (Å²) in [7, 11) is 0. The molecule has 0 saturated heterocycles. The monoisotopic (exact) mass is 275 g/mol. The Morgan fingerprint density at radius 2 is 1.80 bits per heavy atom. The fraction of sp³-hybridized carbons (Fsp3) is 0.286. The lowest BCUT2D eigenvalue weighted by atomic mass is 10.1. The Hall–Kier alpha value is -2.50. The Morgan fingerprint density at radius 3 is 2.40 bits per heavy atom. The molecule has 0 spiro atoms. The molecule has 2 aromatic rings. The second-order valence-electron chi connectivity index (χ2n) is 5.32. The minimum atomic E-state index is -0.667. The molecule has 0 aliphatic heterocycles. The van der Waals surface area contributed by atoms with Gasteiger partial charge in [0.1, 0.15) is 11.3 Å². The first-order valence-corrected chi connectivity index (χ1v) is 6.23. The van der Waals surface area contributed by atoms with Gasteiger partial charge in [-0.3, -0.25) is 20.3 Å². The van der Waals surface area contributed by atoms with E-state index < -0.39 is 17.3 Å². The molecule has 3 N–H and O–H groups in total. The Kier molecular flexibility index (Phi) is 3.65. The van der Waals surface area contributed by atoms with E-state index in [4.69, 9.17) is 4.74 Å². The van der Waals surface area contributed by atoms with E-state index in [9.17, 15) is 9.59 Å². The normalized spacial score (nSPS) is 11.2. The first kappa shape index (κ1) is 13.9. The summed E-state index contributed by atoms with van der Waals surface area (Å²) in [5, 5.41) is 7.68. The zero-order chi connectivity index (χ0) is 14.8. The number of anilines is 1. The van der Waals surface area contributed by atoms with Crippen molar-refractivity contribution < 1.29 is 9.53 Å². The maximum absolute atomic E-state index is 11.8. The molecule has 0 unspecified atom stereocenters. The van der Waals surface area contributed by atoms with E-state index in [2.05, 4.69) is 15.5 Å². The number of aromatic nitrogens is 2. The highest BCUT2D eigenvalue weighted by Gasteiger charge is 2.20. The largest absolute Gasteiger partial charge is 0.444 e. The lowest BCUT2D eigenvalue weighted by molar-refractivity contribution is 0.0636. The highest BCUT2D eigenvalue weighted by atomic mass is 16.6. The fourth-order valence-corrected chi connectivity index (χ4v) is 1.70. The Morgan fingerprint density at radius 1 is 1.15 bits per heavy atom. The van der Waals surface area contributed by atoms with E-state index in [1.54, 1.807) is 20.8 Å². The predicted octanol–water partition coefficient (Wildman–Crippen LogP) is 2.72. The number of carbonyl (C=O) groups is 1. The van der Waals surface area contributed by atoms with E-state index in [0.29, 0.717) is 5.69 Å². The van der Waals surface area contributed by atoms with Gasteiger partial charge in [0.15, 0.2) is 0 Å². The second kappa shape index (κ2) is 5.24. The minimum Gasteiger partial charge on any atom is -0.444 e. The van der Waals surface area contributed by atoms with Crippen LogP contribution in [0.3, 0.4) is 0 Å². The average molecular weight is 275 g/mol. The number of benzene rings is 1. The van der Waals surface area contributed by atoms with Crippen LogP contribution in [-0.4, -0.2) is 21.9 Å². The summed E-state index contributed by atoms with van der Waals surface area (Å²) in [6, 6.07) is 9.23. The zero-order valence-corrected chi connectivity index (χ0v) is 11.6. The van der Waals surface area contributed by atoms with Gasteiger partial charge in [-0.25, -0.2) is 4.79 Å². The maximum atomic E-state index is 11.8. The van der Waals surface area contributed by atoms with Gasteiger partial charge in [-0.05, 0) is 20.8 Å². The summed E-state index contributed by atoms with van der Waals surface area (Å²) in [4.78, 5) is 23.5. The Balaban J connectivity index is 2.27. The fourth-order valence-electron chi connectivity index (χ4n) is 1.70. The summed E-state index contributed by atoms with van der Waals surface area (Å²) < 4.78 is 5.14. The number of nitrogens with one attached hydrogen (secondary N) is 3. The van der Waals surface area contributed by atoms with Crippen molar-refractivity contribution >= 4 is 11.8 Å². The number of amides is 1. The Bertz CT molecular complexity index is 650. The van der Waals surface area contributed by atoms with E-state index in [1.807, 2.05) is 30.3 Å². The lowest BCUT2D eigenvalue weighted by Gasteiger charge is -2.19. The summed E-state index contributed by atoms with van der Waals surface area (Å²) in [5.74, 6) is 0. The van der Waals surface area contributed by atoms with Crippen LogP contribution >= 0.6 is 0 Å². The Labute approximate surface area is 116 Å². The highest BCUT2D eigenvalue weighted by molar-refractivity contribution is 5.90. The molecule has 0 saturated carbocycles. The lowest BCUT2D eigenvalue weighted by Crippen LogP contribution is -2.28. The molecule has 0 atom stereocenters. The van der Waals surface area contributed by atoms with Crippen LogP contribution in [0.1, 0.15) is 20.8 Å². The van der Waals surface area contributed by atoms with Gasteiger partial charge in [-0.1, -0.05) is 30.3 Å². The predicted molar refractivity (Wildman–Crippen MR) is 76.7 cm³/mol. The quantitative estimate of drug-likeness (QED) is 0.787. The van der Waals surface area contributed by atoms with Crippen LogP contribution < -0.4 is 10.9 Å². The third-order valence-electron chi connectivity index (χ3n) is 2.47. The van der Waals surface area contributed by atoms with Crippen molar-refractivity contribution in [1.82, 2.24) is 10.2 Å². The number of hydrogen-bond acceptors (Lipinski definition) is 3. The van der Waals surface area contributed by atoms with Gasteiger partial charge in [0.2, 0.25) is 0 Å². The van der Waals surface area contributed by atoms with Gasteiger partial charge in [-0.15, -0.1) is 0 Å². The summed E-state index contributed by atoms with van der Waals surface area (Å²) in [5.41, 5.74) is 0.415. The van der Waals surface area contributed by atoms with Crippen molar-refractivity contribution in [2.75, 3.05) is 5.32 Å². The summed E-state index contributed by atoms with van der Waals surface area (Å²) in [6.07, 6.45) is -0.667. The topological polar surface area (TPSA) is 87.0 Å². The molecule has 106 valence electrons. The van der Waals surface area contributed by atoms with Crippen LogP contribution in [0.5, 0.6) is 0 Å². The molecule has 0 aliphatic rings. The third kappa shape index (κ3) is 3.28. The van der Waals surface area contributed by atoms with Crippen LogP contribution in [-0.2, 0) is 4.74 Å². The van der Waals surface area contributed by atoms with Crippen LogP contribution in [0, 0.1) is 0 Å². The summed E-state index contributed by atoms with van der Waals surface area (Å²) in [6.45, 7) is 5.27. The van der Waals surface area contributed by atoms with Gasteiger partial charge in [0, 0.05) is 5.56 Å². The molecule has 1 aromatic carbocycles. The molecule has 0 radical (unpaired) electrons. The number of ether oxygens (including phenoxy) is 1. The highest BCUT2D eigenvalue weighted by Crippen LogP contribution is 2.22. The van der Waals surface area contributed by atoms with Gasteiger partial charge < -0.3 is 4.74 Å². The van der Waals surface area contributed by atoms with Crippen LogP contribution in [0.2, 0.25) is 0 Å². The first-order valence-electron chi connectivity index (χ1n) is 6.23. The second-order valence-corrected chi connectivity index (χ2v) is 5.32. The SMILES string of the molecule is CC(C)(C)OC(=O)Nc1c(-c2ccccc2)[nH][nH]c1=O. The van der Waals surface area contributed by atoms with E-state index in [0.717, 1.165) is 5.56 Å². The molecule has 0 bridgehead atoms. The van der Waals surface area contributed by atoms with Crippen molar-refractivity contribution in [3.05, 3.63) is 40.7 Å². The van der Waals surface area contributed by atoms with Gasteiger partial charge >= 0.3 is 6.09 Å². The molecule has 6 nitrogen and oxygen atoms in total.